The Morgan fingerprint density at radius 3 is 1.70 bits per heavy atom. The Kier molecular flexibility index (Phi) is 3.94. The van der Waals surface area contributed by atoms with Gasteiger partial charge < -0.3 is 0 Å². The van der Waals surface area contributed by atoms with Crippen LogP contribution in [0.25, 0.3) is 0 Å². The van der Waals surface area contributed by atoms with E-state index in [2.05, 4.69) is 13.2 Å². The zero-order chi connectivity index (χ0) is 16.4. The molecule has 0 spiro atoms. The second-order valence-corrected chi connectivity index (χ2v) is 5.40. The van der Waals surface area contributed by atoms with Crippen molar-refractivity contribution in [2.24, 2.45) is 0 Å². The Morgan fingerprint density at radius 2 is 1.26 bits per heavy atom. The monoisotopic (exact) mass is 303 g/mol. The Bertz CT molecular complexity index is 757. The average Bonchev–Trinajstić information content (AvgIpc) is 2.81. The summed E-state index contributed by atoms with van der Waals surface area (Å²) in [6.07, 6.45) is 4.73. The molecular weight excluding hydrogens is 286 g/mol. The zero-order valence-corrected chi connectivity index (χ0v) is 12.8. The lowest BCUT2D eigenvalue weighted by molar-refractivity contribution is 0.0925. The molecule has 1 aliphatic heterocycles. The van der Waals surface area contributed by atoms with Gasteiger partial charge in [-0.05, 0) is 36.1 Å². The van der Waals surface area contributed by atoms with Crippen molar-refractivity contribution in [1.82, 2.24) is 0 Å². The number of amides is 2. The molecule has 0 fully saturated rings. The lowest BCUT2D eigenvalue weighted by atomic mass is 10.0. The number of benzene rings is 2. The number of hydrogen-bond donors (Lipinski definition) is 0. The number of imide groups is 1. The predicted molar refractivity (Wildman–Crippen MR) is 91.8 cm³/mol. The van der Waals surface area contributed by atoms with E-state index in [0.717, 1.165) is 11.1 Å². The van der Waals surface area contributed by atoms with Gasteiger partial charge in [-0.25, -0.2) is 4.90 Å². The summed E-state index contributed by atoms with van der Waals surface area (Å²) < 4.78 is 0. The number of nitrogens with zero attached hydrogens (tertiary/aromatic N) is 1. The van der Waals surface area contributed by atoms with Gasteiger partial charge in [0.05, 0.1) is 16.8 Å². The molecular formula is C20H17NO2. The lowest BCUT2D eigenvalue weighted by Gasteiger charge is -2.21. The minimum absolute atomic E-state index is 0.271. The Labute approximate surface area is 135 Å². The molecule has 2 aromatic carbocycles. The third kappa shape index (κ3) is 2.40. The van der Waals surface area contributed by atoms with Crippen LogP contribution in [0.2, 0.25) is 0 Å². The molecule has 0 atom stereocenters. The highest BCUT2D eigenvalue weighted by Gasteiger charge is 2.38. The number of anilines is 1. The van der Waals surface area contributed by atoms with Crippen molar-refractivity contribution < 1.29 is 9.59 Å². The third-order valence-electron chi connectivity index (χ3n) is 3.95. The molecule has 1 aliphatic rings. The molecule has 0 saturated heterocycles. The number of hydrogen-bond acceptors (Lipinski definition) is 2. The second kappa shape index (κ2) is 6.05. The van der Waals surface area contributed by atoms with E-state index in [9.17, 15) is 9.59 Å². The maximum absolute atomic E-state index is 12.8. The van der Waals surface area contributed by atoms with Crippen molar-refractivity contribution in [2.75, 3.05) is 4.90 Å². The summed E-state index contributed by atoms with van der Waals surface area (Å²) in [7, 11) is 0. The van der Waals surface area contributed by atoms with Crippen molar-refractivity contribution in [3.05, 3.63) is 90.0 Å². The van der Waals surface area contributed by atoms with Gasteiger partial charge in [0.25, 0.3) is 11.8 Å². The van der Waals surface area contributed by atoms with E-state index in [1.54, 1.807) is 36.4 Å². The van der Waals surface area contributed by atoms with Crippen LogP contribution in [0.1, 0.15) is 31.8 Å². The fourth-order valence-electron chi connectivity index (χ4n) is 2.96. The maximum atomic E-state index is 12.8. The first-order chi connectivity index (χ1) is 11.2. The van der Waals surface area contributed by atoms with Crippen molar-refractivity contribution in [3.63, 3.8) is 0 Å². The largest absolute Gasteiger partial charge is 0.268 e. The molecule has 0 saturated carbocycles. The average molecular weight is 303 g/mol. The second-order valence-electron chi connectivity index (χ2n) is 5.40. The van der Waals surface area contributed by atoms with E-state index >= 15 is 0 Å². The van der Waals surface area contributed by atoms with Crippen LogP contribution in [0.5, 0.6) is 0 Å². The molecule has 0 aliphatic carbocycles. The molecule has 3 nitrogen and oxygen atoms in total. The third-order valence-corrected chi connectivity index (χ3v) is 3.95. The summed E-state index contributed by atoms with van der Waals surface area (Å²) >= 11 is 0. The first kappa shape index (κ1) is 15.0. The lowest BCUT2D eigenvalue weighted by Crippen LogP contribution is -2.31. The molecule has 0 unspecified atom stereocenters. The Morgan fingerprint density at radius 1 is 0.783 bits per heavy atom. The number of carbonyl (C=O) groups is 2. The van der Waals surface area contributed by atoms with Crippen LogP contribution in [-0.4, -0.2) is 11.8 Å². The standard InChI is InChI=1S/C20H17NO2/c1-3-8-14-10-7-11-15(9-4-2)18(14)21-19(22)16-12-5-6-13-17(16)20(21)23/h3-7,10-13H,1-2,8-9H2. The van der Waals surface area contributed by atoms with Gasteiger partial charge in [0.15, 0.2) is 0 Å². The summed E-state index contributed by atoms with van der Waals surface area (Å²) in [5.41, 5.74) is 3.40. The highest BCUT2D eigenvalue weighted by atomic mass is 16.2. The quantitative estimate of drug-likeness (QED) is 0.619. The van der Waals surface area contributed by atoms with E-state index in [1.165, 1.54) is 4.90 Å². The van der Waals surface area contributed by atoms with Crippen LogP contribution >= 0.6 is 0 Å². The highest BCUT2D eigenvalue weighted by Crippen LogP contribution is 2.34. The van der Waals surface area contributed by atoms with Gasteiger partial charge in [-0.15, -0.1) is 13.2 Å². The summed E-state index contributed by atoms with van der Waals surface area (Å²) in [5.74, 6) is -0.542. The smallest absolute Gasteiger partial charge is 0.266 e. The van der Waals surface area contributed by atoms with Crippen LogP contribution in [0, 0.1) is 0 Å². The van der Waals surface area contributed by atoms with Gasteiger partial charge in [-0.1, -0.05) is 42.5 Å². The minimum Gasteiger partial charge on any atom is -0.268 e. The normalized spacial score (nSPS) is 13.1. The molecule has 1 heterocycles. The molecule has 0 aromatic heterocycles. The molecule has 0 radical (unpaired) electrons. The molecule has 2 amide bonds. The van der Waals surface area contributed by atoms with E-state index in [4.69, 9.17) is 0 Å². The summed E-state index contributed by atoms with van der Waals surface area (Å²) in [6.45, 7) is 7.54. The minimum atomic E-state index is -0.271. The first-order valence-electron chi connectivity index (χ1n) is 7.49. The fourth-order valence-corrected chi connectivity index (χ4v) is 2.96. The van der Waals surface area contributed by atoms with E-state index in [0.29, 0.717) is 29.7 Å². The van der Waals surface area contributed by atoms with Crippen LogP contribution in [0.3, 0.4) is 0 Å². The Hall–Kier alpha value is -2.94. The van der Waals surface area contributed by atoms with E-state index < -0.39 is 0 Å². The van der Waals surface area contributed by atoms with Gasteiger partial charge in [-0.3, -0.25) is 9.59 Å². The number of carbonyl (C=O) groups excluding carboxylic acids is 2. The van der Waals surface area contributed by atoms with Gasteiger partial charge in [0.1, 0.15) is 0 Å². The predicted octanol–water partition coefficient (Wildman–Crippen LogP) is 3.94. The molecule has 3 heteroatoms. The van der Waals surface area contributed by atoms with Crippen LogP contribution in [0.15, 0.2) is 67.8 Å². The first-order valence-corrected chi connectivity index (χ1v) is 7.49. The topological polar surface area (TPSA) is 37.4 Å². The SMILES string of the molecule is C=CCc1cccc(CC=C)c1N1C(=O)c2ccccc2C1=O. The number of allylic oxidation sites excluding steroid dienone is 2. The van der Waals surface area contributed by atoms with Gasteiger partial charge in [-0.2, -0.15) is 0 Å². The van der Waals surface area contributed by atoms with Crippen LogP contribution in [-0.2, 0) is 12.8 Å². The zero-order valence-electron chi connectivity index (χ0n) is 12.8. The molecule has 0 bridgehead atoms. The van der Waals surface area contributed by atoms with Crippen LogP contribution < -0.4 is 4.90 Å². The Balaban J connectivity index is 2.19. The van der Waals surface area contributed by atoms with Gasteiger partial charge in [0.2, 0.25) is 0 Å². The van der Waals surface area contributed by atoms with Gasteiger partial charge >= 0.3 is 0 Å². The number of rotatable bonds is 5. The molecule has 114 valence electrons. The van der Waals surface area contributed by atoms with Crippen LogP contribution in [0.4, 0.5) is 5.69 Å². The summed E-state index contributed by atoms with van der Waals surface area (Å²) in [6, 6.07) is 12.7. The number of para-hydroxylation sites is 1. The summed E-state index contributed by atoms with van der Waals surface area (Å²) in [5, 5.41) is 0. The van der Waals surface area contributed by atoms with Crippen molar-refractivity contribution in [1.29, 1.82) is 0 Å². The maximum Gasteiger partial charge on any atom is 0.266 e. The molecule has 23 heavy (non-hydrogen) atoms. The van der Waals surface area contributed by atoms with Gasteiger partial charge in [0, 0.05) is 0 Å². The molecule has 2 aromatic rings. The van der Waals surface area contributed by atoms with Crippen molar-refractivity contribution in [2.45, 2.75) is 12.8 Å². The number of fused-ring (bicyclic) bond motifs is 1. The molecule has 3 rings (SSSR count). The van der Waals surface area contributed by atoms with E-state index in [1.807, 2.05) is 18.2 Å². The summed E-state index contributed by atoms with van der Waals surface area (Å²) in [4.78, 5) is 26.8. The van der Waals surface area contributed by atoms with E-state index in [-0.39, 0.29) is 11.8 Å². The molecule has 0 N–H and O–H groups in total. The fraction of sp³-hybridized carbons (Fsp3) is 0.100. The van der Waals surface area contributed by atoms with Crippen molar-refractivity contribution >= 4 is 17.5 Å². The highest BCUT2D eigenvalue weighted by molar-refractivity contribution is 6.34. The van der Waals surface area contributed by atoms with Crippen molar-refractivity contribution in [3.8, 4) is 0 Å².